The molecular weight excluding hydrogens is 956 g/mol. The van der Waals surface area contributed by atoms with Gasteiger partial charge in [0.2, 0.25) is 11.8 Å². The molecule has 0 unspecified atom stereocenters. The number of nitrogens with two attached hydrogens (primary N) is 1. The van der Waals surface area contributed by atoms with Crippen LogP contribution in [-0.4, -0.2) is 70.3 Å². The number of halogens is 1. The predicted octanol–water partition coefficient (Wildman–Crippen LogP) is 5.00. The maximum absolute atomic E-state index is 14.3. The third-order valence-corrected chi connectivity index (χ3v) is 14.2. The Morgan fingerprint density at radius 1 is 0.922 bits per heavy atom. The SMILES string of the molecule is CC(C)[C@H](NC(=O)[C@H](C)N)C(=O)N(Cc1ccc(NC(=O)OC(C)(C)C)cc1)Cc1cn(CC(=O)NCc2cc[c]([Po][I])cc2)c2ccccc12. The fourth-order valence-electron chi connectivity index (χ4n) is 5.40. The second-order valence-corrected chi connectivity index (χ2v) is 20.1. The van der Waals surface area contributed by atoms with E-state index in [0.717, 1.165) is 27.6 Å². The number of anilines is 1. The van der Waals surface area contributed by atoms with Gasteiger partial charge in [-0.2, -0.15) is 0 Å². The summed E-state index contributed by atoms with van der Waals surface area (Å²) in [5.74, 6) is -1.01. The zero-order valence-corrected chi connectivity index (χ0v) is 35.2. The predicted molar refractivity (Wildman–Crippen MR) is 211 cm³/mol. The van der Waals surface area contributed by atoms with Gasteiger partial charge in [0, 0.05) is 12.2 Å². The summed E-state index contributed by atoms with van der Waals surface area (Å²) in [5, 5.41) is 9.53. The molecule has 4 amide bonds. The van der Waals surface area contributed by atoms with Gasteiger partial charge in [0.1, 0.15) is 11.6 Å². The van der Waals surface area contributed by atoms with E-state index in [2.05, 4.69) is 58.2 Å². The number of aromatic nitrogens is 1. The molecule has 0 aliphatic heterocycles. The first-order valence-electron chi connectivity index (χ1n) is 16.8. The van der Waals surface area contributed by atoms with Gasteiger partial charge < -0.3 is 20.7 Å². The standard InChI is InChI=1S/C38H47N6O5.HI.Po/c1-25(2)34(42-35(46)26(3)39)36(47)44(21-28-16-18-30(19-17-28)41-37(48)49-38(4,5)6)23-29-22-43(32-15-11-10-14-31(29)32)24-33(45)40-20-27-12-8-7-9-13-27;;/h8-19,22,25-26,34H,20-21,23-24,39H2,1-6H3,(H,40,45)(H,41,48)(H,42,46);1H;/q;;+1/p-1/t26-,34-;;/m0../s1. The Labute approximate surface area is 320 Å². The van der Waals surface area contributed by atoms with Gasteiger partial charge >= 0.3 is 158 Å². The Morgan fingerprint density at radius 2 is 1.57 bits per heavy atom. The van der Waals surface area contributed by atoms with Crippen LogP contribution in [0.5, 0.6) is 0 Å². The van der Waals surface area contributed by atoms with Crippen molar-refractivity contribution in [1.82, 2.24) is 20.1 Å². The van der Waals surface area contributed by atoms with Crippen molar-refractivity contribution >= 4 is 80.9 Å². The van der Waals surface area contributed by atoms with Crippen LogP contribution >= 0.6 is 18.0 Å². The van der Waals surface area contributed by atoms with E-state index in [1.807, 2.05) is 61.0 Å². The Morgan fingerprint density at radius 3 is 2.18 bits per heavy atom. The second-order valence-electron chi connectivity index (χ2n) is 13.8. The molecule has 1 aromatic heterocycles. The van der Waals surface area contributed by atoms with Crippen LogP contribution in [0, 0.1) is 5.92 Å². The molecule has 0 fully saturated rings. The van der Waals surface area contributed by atoms with Crippen molar-refractivity contribution in [3.05, 3.63) is 95.7 Å². The fraction of sp³-hybridized carbons (Fsp3) is 0.368. The zero-order chi connectivity index (χ0) is 37.3. The number of ether oxygens (including phenoxy) is 1. The van der Waals surface area contributed by atoms with E-state index in [9.17, 15) is 19.2 Å². The number of fused-ring (bicyclic) bond motifs is 1. The number of benzene rings is 3. The van der Waals surface area contributed by atoms with Gasteiger partial charge in [-0.15, -0.1) is 0 Å². The van der Waals surface area contributed by atoms with Gasteiger partial charge in [-0.3, -0.25) is 14.9 Å². The van der Waals surface area contributed by atoms with Crippen LogP contribution in [-0.2, 0) is 45.3 Å². The van der Waals surface area contributed by atoms with Gasteiger partial charge in [-0.05, 0) is 51.3 Å². The number of carbonyl (C=O) groups is 4. The number of hydrogen-bond acceptors (Lipinski definition) is 6. The van der Waals surface area contributed by atoms with E-state index in [1.165, 1.54) is 3.22 Å². The normalized spacial score (nSPS) is 12.6. The Hall–Kier alpha value is -3.53. The van der Waals surface area contributed by atoms with E-state index in [4.69, 9.17) is 10.5 Å². The van der Waals surface area contributed by atoms with Crippen molar-refractivity contribution in [3.8, 4) is 0 Å². The molecule has 4 rings (SSSR count). The third kappa shape index (κ3) is 12.0. The molecule has 11 nitrogen and oxygen atoms in total. The number of nitrogens with zero attached hydrogens (tertiary/aromatic N) is 2. The Balaban J connectivity index is 1.59. The number of amides is 4. The number of rotatable bonds is 14. The van der Waals surface area contributed by atoms with Gasteiger partial charge in [-0.1, -0.05) is 32.0 Å². The van der Waals surface area contributed by atoms with Crippen molar-refractivity contribution in [2.75, 3.05) is 5.32 Å². The van der Waals surface area contributed by atoms with Crippen LogP contribution < -0.4 is 24.9 Å². The molecule has 0 spiro atoms. The summed E-state index contributed by atoms with van der Waals surface area (Å²) in [4.78, 5) is 54.1. The summed E-state index contributed by atoms with van der Waals surface area (Å²) in [6, 6.07) is 21.8. The van der Waals surface area contributed by atoms with Gasteiger partial charge in [-0.25, -0.2) is 4.79 Å². The molecule has 2 atom stereocenters. The van der Waals surface area contributed by atoms with E-state index in [1.54, 1.807) is 44.7 Å². The first-order chi connectivity index (χ1) is 24.1. The molecule has 0 bridgehead atoms. The van der Waals surface area contributed by atoms with Crippen LogP contribution in [0.2, 0.25) is 0 Å². The molecule has 5 N–H and O–H groups in total. The van der Waals surface area contributed by atoms with Crippen molar-refractivity contribution in [2.24, 2.45) is 11.7 Å². The number of hydrogen-bond donors (Lipinski definition) is 4. The van der Waals surface area contributed by atoms with E-state index >= 15 is 0 Å². The molecule has 13 heteroatoms. The monoisotopic (exact) mass is 1000 g/mol. The minimum atomic E-state index is -0.815. The van der Waals surface area contributed by atoms with Crippen LogP contribution in [0.25, 0.3) is 10.9 Å². The van der Waals surface area contributed by atoms with Crippen molar-refractivity contribution in [1.29, 1.82) is 0 Å². The number of carbonyl (C=O) groups excluding carboxylic acids is 4. The summed E-state index contributed by atoms with van der Waals surface area (Å²) >= 11 is 2.00. The molecular formula is C38H47IN6O5Po. The van der Waals surface area contributed by atoms with E-state index in [0.29, 0.717) is 12.2 Å². The van der Waals surface area contributed by atoms with E-state index < -0.39 is 49.0 Å². The number of nitrogens with one attached hydrogen (secondary N) is 3. The zero-order valence-electron chi connectivity index (χ0n) is 29.9. The molecule has 0 aliphatic rings. The van der Waals surface area contributed by atoms with Crippen molar-refractivity contribution in [2.45, 2.75) is 85.4 Å². The van der Waals surface area contributed by atoms with Gasteiger partial charge in [0.25, 0.3) is 0 Å². The summed E-state index contributed by atoms with van der Waals surface area (Å²) in [6.45, 7) is 11.7. The molecule has 0 radical (unpaired) electrons. The first-order valence-corrected chi connectivity index (χ1v) is 27.3. The third-order valence-electron chi connectivity index (χ3n) is 7.98. The topological polar surface area (TPSA) is 148 Å². The van der Waals surface area contributed by atoms with Gasteiger partial charge in [0.05, 0.1) is 6.04 Å². The average Bonchev–Trinajstić information content (AvgIpc) is 3.41. The average molecular weight is 1000 g/mol. The quantitative estimate of drug-likeness (QED) is 0.131. The first kappa shape index (κ1) is 40.2. The minimum absolute atomic E-state index is 0.111. The Kier molecular flexibility index (Phi) is 14.4. The van der Waals surface area contributed by atoms with Crippen LogP contribution in [0.4, 0.5) is 10.5 Å². The molecule has 4 aromatic rings. The van der Waals surface area contributed by atoms with Gasteiger partial charge in [0.15, 0.2) is 0 Å². The molecule has 272 valence electrons. The maximum atomic E-state index is 14.3. The van der Waals surface area contributed by atoms with Crippen LogP contribution in [0.1, 0.15) is 58.2 Å². The molecule has 0 aliphatic carbocycles. The number of para-hydroxylation sites is 1. The van der Waals surface area contributed by atoms with Crippen molar-refractivity contribution < 1.29 is 23.9 Å². The Bertz CT molecular complexity index is 1820. The molecule has 0 saturated carbocycles. The second kappa shape index (κ2) is 18.3. The summed E-state index contributed by atoms with van der Waals surface area (Å²) in [6.07, 6.45) is 1.36. The molecule has 0 saturated heterocycles. The summed E-state index contributed by atoms with van der Waals surface area (Å²) in [5.41, 5.74) is 9.36. The van der Waals surface area contributed by atoms with E-state index in [-0.39, 0.29) is 37.4 Å². The van der Waals surface area contributed by atoms with Crippen LogP contribution in [0.3, 0.4) is 0 Å². The molecule has 1 heterocycles. The summed E-state index contributed by atoms with van der Waals surface area (Å²) < 4.78 is 8.66. The summed E-state index contributed by atoms with van der Waals surface area (Å²) in [7, 11) is 0. The van der Waals surface area contributed by atoms with Crippen molar-refractivity contribution in [3.63, 3.8) is 0 Å². The molecule has 51 heavy (non-hydrogen) atoms. The fourth-order valence-corrected chi connectivity index (χ4v) is 8.90. The van der Waals surface area contributed by atoms with Crippen LogP contribution in [0.15, 0.2) is 79.0 Å². The molecule has 3 aromatic carbocycles.